The quantitative estimate of drug-likeness (QED) is 0.543. The van der Waals surface area contributed by atoms with Crippen LogP contribution in [0.2, 0.25) is 0 Å². The van der Waals surface area contributed by atoms with Crippen molar-refractivity contribution in [3.8, 4) is 22.6 Å². The molecule has 0 bridgehead atoms. The Bertz CT molecular complexity index is 1000. The van der Waals surface area contributed by atoms with Gasteiger partial charge >= 0.3 is 0 Å². The lowest BCUT2D eigenvalue weighted by Crippen LogP contribution is -2.18. The van der Waals surface area contributed by atoms with Crippen molar-refractivity contribution in [2.24, 2.45) is 0 Å². The average molecular weight is 405 g/mol. The Morgan fingerprint density at radius 2 is 1.67 bits per heavy atom. The highest BCUT2D eigenvalue weighted by Gasteiger charge is 2.10. The maximum absolute atomic E-state index is 11.7. The van der Waals surface area contributed by atoms with Crippen LogP contribution < -0.4 is 20.1 Å². The van der Waals surface area contributed by atoms with Gasteiger partial charge in [-0.05, 0) is 60.0 Å². The molecule has 5 heteroatoms. The van der Waals surface area contributed by atoms with Crippen LogP contribution in [0.5, 0.6) is 11.5 Å². The number of ether oxygens (including phenoxy) is 2. The SMILES string of the molecule is COc1ccc(-c2cc(CN[C@H](C)c3cccc(OC)c3)ccc2NC(C)=O)cc1. The summed E-state index contributed by atoms with van der Waals surface area (Å²) in [7, 11) is 3.32. The van der Waals surface area contributed by atoms with Crippen LogP contribution >= 0.6 is 0 Å². The number of carbonyl (C=O) groups is 1. The maximum Gasteiger partial charge on any atom is 0.221 e. The molecule has 3 aromatic carbocycles. The third kappa shape index (κ3) is 5.39. The van der Waals surface area contributed by atoms with Crippen LogP contribution in [-0.2, 0) is 11.3 Å². The van der Waals surface area contributed by atoms with Gasteiger partial charge < -0.3 is 20.1 Å². The number of anilines is 1. The number of carbonyl (C=O) groups excluding carboxylic acids is 1. The summed E-state index contributed by atoms with van der Waals surface area (Å²) in [6, 6.07) is 22.2. The molecule has 0 saturated heterocycles. The Morgan fingerprint density at radius 3 is 2.33 bits per heavy atom. The van der Waals surface area contributed by atoms with Gasteiger partial charge in [-0.1, -0.05) is 30.3 Å². The predicted molar refractivity (Wildman–Crippen MR) is 121 cm³/mol. The van der Waals surface area contributed by atoms with Crippen molar-refractivity contribution in [1.29, 1.82) is 0 Å². The van der Waals surface area contributed by atoms with E-state index in [-0.39, 0.29) is 11.9 Å². The summed E-state index contributed by atoms with van der Waals surface area (Å²) in [5.41, 5.74) is 5.07. The van der Waals surface area contributed by atoms with Gasteiger partial charge in [-0.2, -0.15) is 0 Å². The maximum atomic E-state index is 11.7. The molecule has 0 unspecified atom stereocenters. The number of nitrogens with one attached hydrogen (secondary N) is 2. The predicted octanol–water partition coefficient (Wildman–Crippen LogP) is 5.18. The average Bonchev–Trinajstić information content (AvgIpc) is 2.78. The molecule has 0 saturated carbocycles. The Balaban J connectivity index is 1.81. The fraction of sp³-hybridized carbons (Fsp3) is 0.240. The van der Waals surface area contributed by atoms with Crippen LogP contribution in [0.15, 0.2) is 66.7 Å². The van der Waals surface area contributed by atoms with Gasteiger partial charge in [-0.3, -0.25) is 4.79 Å². The third-order valence-corrected chi connectivity index (χ3v) is 5.00. The van der Waals surface area contributed by atoms with Gasteiger partial charge in [0.1, 0.15) is 11.5 Å². The summed E-state index contributed by atoms with van der Waals surface area (Å²) in [5.74, 6) is 1.55. The summed E-state index contributed by atoms with van der Waals surface area (Å²) >= 11 is 0. The van der Waals surface area contributed by atoms with Gasteiger partial charge in [-0.15, -0.1) is 0 Å². The summed E-state index contributed by atoms with van der Waals surface area (Å²) in [4.78, 5) is 11.7. The van der Waals surface area contributed by atoms with E-state index in [1.54, 1.807) is 14.2 Å². The minimum absolute atomic E-state index is 0.0951. The molecule has 0 aliphatic heterocycles. The van der Waals surface area contributed by atoms with Gasteiger partial charge in [0.2, 0.25) is 5.91 Å². The largest absolute Gasteiger partial charge is 0.497 e. The molecular formula is C25H28N2O3. The fourth-order valence-electron chi connectivity index (χ4n) is 3.31. The first kappa shape index (κ1) is 21.4. The minimum atomic E-state index is -0.0951. The van der Waals surface area contributed by atoms with E-state index in [9.17, 15) is 4.79 Å². The van der Waals surface area contributed by atoms with Gasteiger partial charge in [0.25, 0.3) is 0 Å². The lowest BCUT2D eigenvalue weighted by molar-refractivity contribution is -0.114. The standard InChI is InChI=1S/C25H28N2O3/c1-17(21-6-5-7-23(15-21)30-4)26-16-19-8-13-25(27-18(2)28)24(14-19)20-9-11-22(29-3)12-10-20/h5-15,17,26H,16H2,1-4H3,(H,27,28)/t17-/m1/s1. The Hall–Kier alpha value is -3.31. The Morgan fingerprint density at radius 1 is 0.933 bits per heavy atom. The molecule has 0 fully saturated rings. The third-order valence-electron chi connectivity index (χ3n) is 5.00. The Kier molecular flexibility index (Phi) is 7.09. The highest BCUT2D eigenvalue weighted by atomic mass is 16.5. The molecule has 0 heterocycles. The van der Waals surface area contributed by atoms with Crippen molar-refractivity contribution in [3.63, 3.8) is 0 Å². The van der Waals surface area contributed by atoms with Crippen molar-refractivity contribution in [2.75, 3.05) is 19.5 Å². The van der Waals surface area contributed by atoms with Crippen LogP contribution in [-0.4, -0.2) is 20.1 Å². The van der Waals surface area contributed by atoms with Crippen molar-refractivity contribution in [1.82, 2.24) is 5.32 Å². The molecule has 1 atom stereocenters. The van der Waals surface area contributed by atoms with Gasteiger partial charge in [-0.25, -0.2) is 0 Å². The molecule has 0 radical (unpaired) electrons. The number of amides is 1. The van der Waals surface area contributed by atoms with Crippen molar-refractivity contribution >= 4 is 11.6 Å². The van der Waals surface area contributed by atoms with Crippen molar-refractivity contribution in [2.45, 2.75) is 26.4 Å². The van der Waals surface area contributed by atoms with E-state index in [0.29, 0.717) is 6.54 Å². The van der Waals surface area contributed by atoms with E-state index >= 15 is 0 Å². The van der Waals surface area contributed by atoms with Gasteiger partial charge in [0, 0.05) is 30.8 Å². The van der Waals surface area contributed by atoms with Crippen LogP contribution in [0.3, 0.4) is 0 Å². The first-order chi connectivity index (χ1) is 14.5. The second kappa shape index (κ2) is 9.94. The fourth-order valence-corrected chi connectivity index (χ4v) is 3.31. The number of hydrogen-bond donors (Lipinski definition) is 2. The number of hydrogen-bond acceptors (Lipinski definition) is 4. The molecular weight excluding hydrogens is 376 g/mol. The van der Waals surface area contributed by atoms with Crippen molar-refractivity contribution in [3.05, 3.63) is 77.9 Å². The molecule has 0 spiro atoms. The van der Waals surface area contributed by atoms with E-state index in [1.165, 1.54) is 12.5 Å². The van der Waals surface area contributed by atoms with Gasteiger partial charge in [0.15, 0.2) is 0 Å². The first-order valence-electron chi connectivity index (χ1n) is 9.92. The van der Waals surface area contributed by atoms with Crippen LogP contribution in [0.1, 0.15) is 31.0 Å². The molecule has 0 aliphatic carbocycles. The molecule has 156 valence electrons. The second-order valence-electron chi connectivity index (χ2n) is 7.17. The Labute approximate surface area is 178 Å². The van der Waals surface area contributed by atoms with E-state index in [4.69, 9.17) is 9.47 Å². The smallest absolute Gasteiger partial charge is 0.221 e. The summed E-state index contributed by atoms with van der Waals surface area (Å²) in [6.45, 7) is 4.34. The van der Waals surface area contributed by atoms with Crippen molar-refractivity contribution < 1.29 is 14.3 Å². The molecule has 2 N–H and O–H groups in total. The number of benzene rings is 3. The van der Waals surface area contributed by atoms with Crippen LogP contribution in [0.4, 0.5) is 5.69 Å². The molecule has 0 aromatic heterocycles. The van der Waals surface area contributed by atoms with Crippen LogP contribution in [0.25, 0.3) is 11.1 Å². The molecule has 0 aliphatic rings. The zero-order valence-electron chi connectivity index (χ0n) is 17.9. The minimum Gasteiger partial charge on any atom is -0.497 e. The summed E-state index contributed by atoms with van der Waals surface area (Å²) < 4.78 is 10.6. The monoisotopic (exact) mass is 404 g/mol. The number of methoxy groups -OCH3 is 2. The summed E-state index contributed by atoms with van der Waals surface area (Å²) in [6.07, 6.45) is 0. The molecule has 5 nitrogen and oxygen atoms in total. The lowest BCUT2D eigenvalue weighted by atomic mass is 10.00. The topological polar surface area (TPSA) is 59.6 Å². The summed E-state index contributed by atoms with van der Waals surface area (Å²) in [5, 5.41) is 6.49. The van der Waals surface area contributed by atoms with E-state index in [0.717, 1.165) is 33.9 Å². The molecule has 30 heavy (non-hydrogen) atoms. The van der Waals surface area contributed by atoms with E-state index in [1.807, 2.05) is 54.6 Å². The normalized spacial score (nSPS) is 11.6. The lowest BCUT2D eigenvalue weighted by Gasteiger charge is -2.17. The molecule has 3 rings (SSSR count). The zero-order chi connectivity index (χ0) is 21.5. The van der Waals surface area contributed by atoms with E-state index < -0.39 is 0 Å². The second-order valence-corrected chi connectivity index (χ2v) is 7.17. The van der Waals surface area contributed by atoms with Gasteiger partial charge in [0.05, 0.1) is 14.2 Å². The first-order valence-corrected chi connectivity index (χ1v) is 9.92. The molecule has 1 amide bonds. The van der Waals surface area contributed by atoms with Crippen LogP contribution in [0, 0.1) is 0 Å². The van der Waals surface area contributed by atoms with E-state index in [2.05, 4.69) is 29.7 Å². The highest BCUT2D eigenvalue weighted by Crippen LogP contribution is 2.31. The zero-order valence-corrected chi connectivity index (χ0v) is 17.9. The number of rotatable bonds is 8. The highest BCUT2D eigenvalue weighted by molar-refractivity contribution is 5.94. The molecule has 3 aromatic rings.